The molecule has 6 heteroatoms. The minimum absolute atomic E-state index is 0. The molecule has 1 aromatic carbocycles. The van der Waals surface area contributed by atoms with Crippen LogP contribution in [-0.4, -0.2) is 14.6 Å². The molecule has 2 heterocycles. The van der Waals surface area contributed by atoms with E-state index in [2.05, 4.69) is 24.6 Å². The Labute approximate surface area is 221 Å². The molecule has 1 aromatic heterocycles. The summed E-state index contributed by atoms with van der Waals surface area (Å²) in [5.41, 5.74) is 5.22. The number of likely N-dealkylation sites (tertiary alicyclic amines) is 1. The van der Waals surface area contributed by atoms with Gasteiger partial charge in [-0.1, -0.05) is 78.5 Å². The van der Waals surface area contributed by atoms with E-state index < -0.39 is 0 Å². The van der Waals surface area contributed by atoms with Gasteiger partial charge < -0.3 is 24.3 Å². The van der Waals surface area contributed by atoms with Crippen LogP contribution < -0.4 is 5.84 Å². The first kappa shape index (κ1) is 32.5. The van der Waals surface area contributed by atoms with Crippen molar-refractivity contribution in [1.29, 1.82) is 0 Å². The third kappa shape index (κ3) is 5.62. The molecule has 1 spiro atoms. The summed E-state index contributed by atoms with van der Waals surface area (Å²) in [6.07, 6.45) is 8.54. The van der Waals surface area contributed by atoms with E-state index in [0.29, 0.717) is 6.54 Å². The maximum atomic E-state index is 6.30. The molecular weight excluding hydrogens is 471 g/mol. The third-order valence-corrected chi connectivity index (χ3v) is 5.76. The normalized spacial score (nSPS) is 16.9. The van der Waals surface area contributed by atoms with Crippen LogP contribution in [0.1, 0.15) is 59.2 Å². The second kappa shape index (κ2) is 14.5. The first-order chi connectivity index (χ1) is 14.1. The second-order valence-electron chi connectivity index (χ2n) is 6.97. The van der Waals surface area contributed by atoms with Crippen LogP contribution in [0, 0.1) is 12.8 Å². The van der Waals surface area contributed by atoms with Gasteiger partial charge in [0.1, 0.15) is 5.82 Å². The van der Waals surface area contributed by atoms with Gasteiger partial charge in [-0.3, -0.25) is 0 Å². The molecule has 1 radical (unpaired) electrons. The molecule has 4 N–H and O–H groups in total. The molecule has 0 bridgehead atoms. The summed E-state index contributed by atoms with van der Waals surface area (Å²) in [6, 6.07) is 7.93. The van der Waals surface area contributed by atoms with Crippen molar-refractivity contribution in [1.82, 2.24) is 14.6 Å². The van der Waals surface area contributed by atoms with Gasteiger partial charge in [-0.15, -0.1) is 0 Å². The summed E-state index contributed by atoms with van der Waals surface area (Å²) >= 11 is 0. The minimum Gasteiger partial charge on any atom is -0.693 e. The summed E-state index contributed by atoms with van der Waals surface area (Å²) in [5.74, 6) is 7.12. The Bertz CT molecular complexity index is 919. The Kier molecular flexibility index (Phi) is 14.7. The Balaban J connectivity index is 0. The van der Waals surface area contributed by atoms with Gasteiger partial charge in [-0.2, -0.15) is 0 Å². The van der Waals surface area contributed by atoms with Crippen LogP contribution in [0.4, 0.5) is 0 Å². The quantitative estimate of drug-likeness (QED) is 0.342. The van der Waals surface area contributed by atoms with Crippen LogP contribution in [0.5, 0.6) is 0 Å². The molecule has 0 unspecified atom stereocenters. The third-order valence-electron chi connectivity index (χ3n) is 5.76. The summed E-state index contributed by atoms with van der Waals surface area (Å²) < 4.78 is 1.68. The van der Waals surface area contributed by atoms with Gasteiger partial charge in [-0.25, -0.2) is 9.66 Å². The first-order valence-electron chi connectivity index (χ1n) is 10.8. The minimum atomic E-state index is 0. The van der Waals surface area contributed by atoms with Gasteiger partial charge in [0.05, 0.1) is 17.6 Å². The number of hydrogen-bond donors (Lipinski definition) is 1. The molecule has 0 amide bonds. The topological polar surface area (TPSA) is 80.6 Å². The number of imidazole rings is 1. The Morgan fingerprint density at radius 2 is 1.66 bits per heavy atom. The van der Waals surface area contributed by atoms with Crippen molar-refractivity contribution >= 4 is 11.0 Å². The fraction of sp³-hybridized carbons (Fsp3) is 0.385. The van der Waals surface area contributed by atoms with E-state index in [4.69, 9.17) is 10.8 Å². The standard InChI is InChI=1S/C21H24N4.2C2H6.CH3.H2N.Y/c1-4-9-18-15(2)21(12-7-8-13-21)16(3)24(18)14-20-23-17-10-5-6-11-19(17)25(20)22;2*1-2;;;/h4-6,9-11H,1-3,7-8,12-14,22H2;2*1-2H3;1H3;1H2;/q;;;2*-1;/b18-9+;;;;;. The number of para-hydroxylation sites is 2. The summed E-state index contributed by atoms with van der Waals surface area (Å²) in [7, 11) is 0. The number of benzene rings is 1. The van der Waals surface area contributed by atoms with E-state index in [0.717, 1.165) is 46.7 Å². The predicted octanol–water partition coefficient (Wildman–Crippen LogP) is 7.48. The molecule has 2 fully saturated rings. The number of allylic oxidation sites excluding steroid dienone is 4. The van der Waals surface area contributed by atoms with E-state index in [1.54, 1.807) is 4.68 Å². The maximum Gasteiger partial charge on any atom is 0.148 e. The molecule has 1 saturated heterocycles. The fourth-order valence-corrected chi connectivity index (χ4v) is 4.39. The van der Waals surface area contributed by atoms with Crippen molar-refractivity contribution in [2.45, 2.75) is 59.9 Å². The monoisotopic (exact) mass is 512 g/mol. The number of aromatic nitrogens is 2. The van der Waals surface area contributed by atoms with Crippen molar-refractivity contribution in [2.75, 3.05) is 5.84 Å². The van der Waals surface area contributed by atoms with E-state index >= 15 is 0 Å². The van der Waals surface area contributed by atoms with E-state index in [-0.39, 0.29) is 51.7 Å². The average molecular weight is 513 g/mol. The molecule has 5 nitrogen and oxygen atoms in total. The SMILES string of the molecule is C=C/C=C1\C(=C)C2(CCCC2)C(=C)N1Cc1nc2ccccc2n1N.CC.CC.[CH3-].[NH2-].[Y]. The molecule has 175 valence electrons. The Morgan fingerprint density at radius 3 is 2.19 bits per heavy atom. The van der Waals surface area contributed by atoms with Crippen molar-refractivity contribution < 1.29 is 32.7 Å². The smallest absolute Gasteiger partial charge is 0.148 e. The maximum absolute atomic E-state index is 6.30. The molecule has 2 aliphatic rings. The molecule has 2 aromatic rings. The van der Waals surface area contributed by atoms with Crippen LogP contribution in [-0.2, 0) is 39.3 Å². The predicted molar refractivity (Wildman–Crippen MR) is 137 cm³/mol. The largest absolute Gasteiger partial charge is 0.693 e. The van der Waals surface area contributed by atoms with Crippen LogP contribution in [0.3, 0.4) is 0 Å². The zero-order valence-electron chi connectivity index (χ0n) is 20.7. The zero-order valence-corrected chi connectivity index (χ0v) is 23.5. The number of fused-ring (bicyclic) bond motifs is 1. The van der Waals surface area contributed by atoms with Crippen molar-refractivity contribution in [2.24, 2.45) is 5.41 Å². The number of hydrogen-bond acceptors (Lipinski definition) is 3. The molecule has 32 heavy (non-hydrogen) atoms. The number of nitrogens with zero attached hydrogens (tertiary/aromatic N) is 3. The molecule has 4 rings (SSSR count). The van der Waals surface area contributed by atoms with Crippen molar-refractivity contribution in [3.05, 3.63) is 92.5 Å². The van der Waals surface area contributed by atoms with Gasteiger partial charge in [0.25, 0.3) is 0 Å². The van der Waals surface area contributed by atoms with Gasteiger partial charge >= 0.3 is 0 Å². The summed E-state index contributed by atoms with van der Waals surface area (Å²) in [6.45, 7) is 21.3. The average Bonchev–Trinajstić information content (AvgIpc) is 3.43. The second-order valence-corrected chi connectivity index (χ2v) is 6.97. The molecule has 1 saturated carbocycles. The van der Waals surface area contributed by atoms with Crippen LogP contribution in [0.2, 0.25) is 0 Å². The van der Waals surface area contributed by atoms with Crippen LogP contribution in [0.25, 0.3) is 17.2 Å². The van der Waals surface area contributed by atoms with E-state index in [1.807, 2.05) is 64.1 Å². The zero-order chi connectivity index (χ0) is 21.6. The van der Waals surface area contributed by atoms with Crippen LogP contribution in [0.15, 0.2) is 73.1 Å². The summed E-state index contributed by atoms with van der Waals surface area (Å²) in [5, 5.41) is 0. The fourth-order valence-electron chi connectivity index (χ4n) is 4.39. The Hall–Kier alpha value is -1.69. The van der Waals surface area contributed by atoms with Crippen molar-refractivity contribution in [3.8, 4) is 0 Å². The first-order valence-corrected chi connectivity index (χ1v) is 10.8. The van der Waals surface area contributed by atoms with Gasteiger partial charge in [0.15, 0.2) is 0 Å². The van der Waals surface area contributed by atoms with E-state index in [1.165, 1.54) is 12.8 Å². The number of nitrogens with two attached hydrogens (primary N) is 2. The number of rotatable bonds is 3. The number of nitrogen functional groups attached to an aromatic ring is 1. The molecular formula is C26H41N5Y-2. The molecule has 0 atom stereocenters. The Morgan fingerprint density at radius 1 is 1.09 bits per heavy atom. The molecule has 1 aliphatic carbocycles. The summed E-state index contributed by atoms with van der Waals surface area (Å²) in [4.78, 5) is 6.94. The molecule has 1 aliphatic heterocycles. The van der Waals surface area contributed by atoms with Gasteiger partial charge in [-0.05, 0) is 36.6 Å². The van der Waals surface area contributed by atoms with Crippen LogP contribution >= 0.6 is 0 Å². The van der Waals surface area contributed by atoms with Gasteiger partial charge in [0, 0.05) is 49.5 Å². The van der Waals surface area contributed by atoms with Gasteiger partial charge in [0.2, 0.25) is 0 Å². The van der Waals surface area contributed by atoms with Crippen molar-refractivity contribution in [3.63, 3.8) is 0 Å². The van der Waals surface area contributed by atoms with E-state index in [9.17, 15) is 0 Å².